The van der Waals surface area contributed by atoms with E-state index in [1.165, 1.54) is 12.1 Å². The molecule has 1 rings (SSSR count). The zero-order chi connectivity index (χ0) is 15.8. The zero-order valence-corrected chi connectivity index (χ0v) is 12.2. The second-order valence-corrected chi connectivity index (χ2v) is 4.67. The van der Waals surface area contributed by atoms with E-state index in [-0.39, 0.29) is 17.1 Å². The summed E-state index contributed by atoms with van der Waals surface area (Å²) < 4.78 is 5.38. The summed E-state index contributed by atoms with van der Waals surface area (Å²) in [5.74, 6) is 0.0505. The standard InChI is InChI=1S/C13H19N3O5/c1-3-4-7-14(2)8-9-21-13-6-5-11(15(17)18)10-12(13)16(19)20/h5-6,10H,3-4,7-9H2,1-2H3. The van der Waals surface area contributed by atoms with E-state index < -0.39 is 9.85 Å². The van der Waals surface area contributed by atoms with Crippen molar-refractivity contribution in [2.24, 2.45) is 0 Å². The molecular weight excluding hydrogens is 278 g/mol. The van der Waals surface area contributed by atoms with Gasteiger partial charge in [0.25, 0.3) is 5.69 Å². The lowest BCUT2D eigenvalue weighted by Crippen LogP contribution is -2.25. The van der Waals surface area contributed by atoms with E-state index in [0.29, 0.717) is 13.2 Å². The van der Waals surface area contributed by atoms with E-state index in [9.17, 15) is 20.2 Å². The van der Waals surface area contributed by atoms with Crippen molar-refractivity contribution in [3.63, 3.8) is 0 Å². The topological polar surface area (TPSA) is 98.8 Å². The molecule has 0 heterocycles. The Labute approximate surface area is 122 Å². The molecule has 8 nitrogen and oxygen atoms in total. The Morgan fingerprint density at radius 3 is 2.48 bits per heavy atom. The first-order valence-electron chi connectivity index (χ1n) is 6.70. The van der Waals surface area contributed by atoms with Crippen molar-refractivity contribution < 1.29 is 14.6 Å². The number of likely N-dealkylation sites (N-methyl/N-ethyl adjacent to an activating group) is 1. The SMILES string of the molecule is CCCCN(C)CCOc1ccc([N+](=O)[O-])cc1[N+](=O)[O-]. The Morgan fingerprint density at radius 1 is 1.19 bits per heavy atom. The van der Waals surface area contributed by atoms with Gasteiger partial charge < -0.3 is 9.64 Å². The Morgan fingerprint density at radius 2 is 1.90 bits per heavy atom. The fourth-order valence-corrected chi connectivity index (χ4v) is 1.74. The summed E-state index contributed by atoms with van der Waals surface area (Å²) in [6.07, 6.45) is 2.17. The molecule has 0 atom stereocenters. The van der Waals surface area contributed by atoms with Crippen LogP contribution in [0.4, 0.5) is 11.4 Å². The molecule has 0 saturated carbocycles. The summed E-state index contributed by atoms with van der Waals surface area (Å²) in [5.41, 5.74) is -0.713. The lowest BCUT2D eigenvalue weighted by atomic mass is 10.2. The lowest BCUT2D eigenvalue weighted by molar-refractivity contribution is -0.394. The van der Waals surface area contributed by atoms with Crippen molar-refractivity contribution in [3.8, 4) is 5.75 Å². The molecule has 0 aliphatic heterocycles. The molecule has 0 radical (unpaired) electrons. The van der Waals surface area contributed by atoms with Crippen LogP contribution in [0, 0.1) is 20.2 Å². The van der Waals surface area contributed by atoms with E-state index in [2.05, 4.69) is 11.8 Å². The molecule has 0 amide bonds. The first-order chi connectivity index (χ1) is 9.95. The van der Waals surface area contributed by atoms with Gasteiger partial charge in [0.1, 0.15) is 6.61 Å². The number of hydrogen-bond acceptors (Lipinski definition) is 6. The van der Waals surface area contributed by atoms with Crippen LogP contribution in [0.2, 0.25) is 0 Å². The van der Waals surface area contributed by atoms with Crippen LogP contribution in [0.3, 0.4) is 0 Å². The number of unbranched alkanes of at least 4 members (excludes halogenated alkanes) is 1. The van der Waals surface area contributed by atoms with Gasteiger partial charge in [-0.15, -0.1) is 0 Å². The highest BCUT2D eigenvalue weighted by Gasteiger charge is 2.20. The third kappa shape index (κ3) is 5.35. The highest BCUT2D eigenvalue weighted by atomic mass is 16.6. The maximum Gasteiger partial charge on any atom is 0.317 e. The van der Waals surface area contributed by atoms with Gasteiger partial charge in [-0.2, -0.15) is 0 Å². The van der Waals surface area contributed by atoms with Gasteiger partial charge in [-0.05, 0) is 26.1 Å². The van der Waals surface area contributed by atoms with Crippen molar-refractivity contribution in [1.29, 1.82) is 0 Å². The number of nitro benzene ring substituents is 2. The van der Waals surface area contributed by atoms with Crippen LogP contribution in [0.1, 0.15) is 19.8 Å². The van der Waals surface area contributed by atoms with Crippen LogP contribution in [-0.4, -0.2) is 41.5 Å². The van der Waals surface area contributed by atoms with Crippen molar-refractivity contribution in [2.45, 2.75) is 19.8 Å². The van der Waals surface area contributed by atoms with Crippen LogP contribution >= 0.6 is 0 Å². The van der Waals surface area contributed by atoms with E-state index in [1.54, 1.807) is 0 Å². The largest absolute Gasteiger partial charge is 0.485 e. The molecule has 0 aromatic heterocycles. The van der Waals surface area contributed by atoms with Gasteiger partial charge in [0.15, 0.2) is 5.75 Å². The predicted molar refractivity (Wildman–Crippen MR) is 77.7 cm³/mol. The van der Waals surface area contributed by atoms with Crippen molar-refractivity contribution in [1.82, 2.24) is 4.90 Å². The molecule has 116 valence electrons. The summed E-state index contributed by atoms with van der Waals surface area (Å²) in [5, 5.41) is 21.6. The summed E-state index contributed by atoms with van der Waals surface area (Å²) in [6.45, 7) is 3.96. The van der Waals surface area contributed by atoms with Crippen LogP contribution in [-0.2, 0) is 0 Å². The van der Waals surface area contributed by atoms with E-state index in [4.69, 9.17) is 4.74 Å². The molecule has 1 aromatic carbocycles. The monoisotopic (exact) mass is 297 g/mol. The maximum atomic E-state index is 10.9. The number of hydrogen-bond donors (Lipinski definition) is 0. The highest BCUT2D eigenvalue weighted by molar-refractivity contribution is 5.53. The molecule has 0 aliphatic rings. The summed E-state index contributed by atoms with van der Waals surface area (Å²) in [4.78, 5) is 22.3. The van der Waals surface area contributed by atoms with Crippen molar-refractivity contribution in [2.75, 3.05) is 26.7 Å². The summed E-state index contributed by atoms with van der Waals surface area (Å²) in [6, 6.07) is 3.38. The first-order valence-corrected chi connectivity index (χ1v) is 6.70. The molecular formula is C13H19N3O5. The van der Waals surface area contributed by atoms with E-state index in [1.807, 2.05) is 7.05 Å². The third-order valence-corrected chi connectivity index (χ3v) is 2.97. The van der Waals surface area contributed by atoms with Gasteiger partial charge in [-0.3, -0.25) is 20.2 Å². The van der Waals surface area contributed by atoms with Crippen LogP contribution in [0.15, 0.2) is 18.2 Å². The Hall–Kier alpha value is -2.22. The minimum absolute atomic E-state index is 0.0505. The van der Waals surface area contributed by atoms with Crippen LogP contribution in [0.5, 0.6) is 5.75 Å². The van der Waals surface area contributed by atoms with Crippen molar-refractivity contribution >= 4 is 11.4 Å². The summed E-state index contributed by atoms with van der Waals surface area (Å²) >= 11 is 0. The first kappa shape index (κ1) is 16.8. The predicted octanol–water partition coefficient (Wildman–Crippen LogP) is 2.61. The van der Waals surface area contributed by atoms with Gasteiger partial charge in [0.05, 0.1) is 15.9 Å². The Balaban J connectivity index is 2.66. The maximum absolute atomic E-state index is 10.9. The third-order valence-electron chi connectivity index (χ3n) is 2.97. The second-order valence-electron chi connectivity index (χ2n) is 4.67. The van der Waals surface area contributed by atoms with Gasteiger partial charge in [0, 0.05) is 12.6 Å². The average molecular weight is 297 g/mol. The Kier molecular flexibility index (Phi) is 6.54. The molecule has 0 fully saturated rings. The van der Waals surface area contributed by atoms with Crippen molar-refractivity contribution in [3.05, 3.63) is 38.4 Å². The lowest BCUT2D eigenvalue weighted by Gasteiger charge is -2.16. The fourth-order valence-electron chi connectivity index (χ4n) is 1.74. The van der Waals surface area contributed by atoms with Gasteiger partial charge in [0.2, 0.25) is 0 Å². The number of ether oxygens (including phenoxy) is 1. The molecule has 21 heavy (non-hydrogen) atoms. The molecule has 0 saturated heterocycles. The van der Waals surface area contributed by atoms with E-state index in [0.717, 1.165) is 25.5 Å². The minimum atomic E-state index is -0.677. The molecule has 8 heteroatoms. The number of benzene rings is 1. The number of non-ortho nitro benzene ring substituents is 1. The smallest absolute Gasteiger partial charge is 0.317 e. The van der Waals surface area contributed by atoms with Gasteiger partial charge in [-0.25, -0.2) is 0 Å². The number of nitro groups is 2. The number of rotatable bonds is 9. The van der Waals surface area contributed by atoms with Crippen LogP contribution < -0.4 is 4.74 Å². The van der Waals surface area contributed by atoms with Gasteiger partial charge in [-0.1, -0.05) is 13.3 Å². The molecule has 0 N–H and O–H groups in total. The zero-order valence-electron chi connectivity index (χ0n) is 12.2. The Bertz CT molecular complexity index is 507. The summed E-state index contributed by atoms with van der Waals surface area (Å²) in [7, 11) is 1.95. The molecule has 0 spiro atoms. The molecule has 0 unspecified atom stereocenters. The highest BCUT2D eigenvalue weighted by Crippen LogP contribution is 2.30. The average Bonchev–Trinajstić information content (AvgIpc) is 2.44. The molecule has 1 aromatic rings. The molecule has 0 aliphatic carbocycles. The fraction of sp³-hybridized carbons (Fsp3) is 0.538. The number of nitrogens with zero attached hydrogens (tertiary/aromatic N) is 3. The van der Waals surface area contributed by atoms with Crippen LogP contribution in [0.25, 0.3) is 0 Å². The second kappa shape index (κ2) is 8.15. The quantitative estimate of drug-likeness (QED) is 0.513. The minimum Gasteiger partial charge on any atom is -0.485 e. The van der Waals surface area contributed by atoms with Gasteiger partial charge >= 0.3 is 5.69 Å². The molecule has 0 bridgehead atoms. The normalized spacial score (nSPS) is 10.6. The van der Waals surface area contributed by atoms with E-state index >= 15 is 0 Å².